The van der Waals surface area contributed by atoms with Crippen LogP contribution in [0.5, 0.6) is 0 Å². The first-order valence-corrected chi connectivity index (χ1v) is 21.6. The number of rotatable bonds is 38. The maximum atomic E-state index is 12.5. The van der Waals surface area contributed by atoms with Crippen molar-refractivity contribution in [2.24, 2.45) is 0 Å². The summed E-state index contributed by atoms with van der Waals surface area (Å²) in [5, 5.41) is 18.3. The molecule has 1 unspecified atom stereocenters. The summed E-state index contributed by atoms with van der Waals surface area (Å²) in [4.78, 5) is 34.8. The van der Waals surface area contributed by atoms with Crippen LogP contribution in [0.1, 0.15) is 187 Å². The van der Waals surface area contributed by atoms with Gasteiger partial charge in [-0.3, -0.25) is 18.6 Å². The second kappa shape index (κ2) is 36.1. The molecule has 0 amide bonds. The number of aliphatic hydroxyl groups is 2. The summed E-state index contributed by atoms with van der Waals surface area (Å²) >= 11 is 0. The lowest BCUT2D eigenvalue weighted by Gasteiger charge is -2.20. The maximum Gasteiger partial charge on any atom is 0.472 e. The summed E-state index contributed by atoms with van der Waals surface area (Å²) in [6, 6.07) is 0. The molecule has 0 aliphatic heterocycles. The third kappa shape index (κ3) is 35.1. The van der Waals surface area contributed by atoms with Crippen molar-refractivity contribution in [1.82, 2.24) is 0 Å². The van der Waals surface area contributed by atoms with E-state index in [9.17, 15) is 24.2 Å². The van der Waals surface area contributed by atoms with E-state index >= 15 is 0 Å². The molecule has 0 radical (unpaired) electrons. The zero-order valence-corrected chi connectivity index (χ0v) is 32.8. The standard InChI is InChI=1S/C39H75O10P/c1-3-5-7-9-11-13-15-16-17-18-19-21-22-24-26-28-30-38(42)46-34-37(35-48-50(44,45)47-33-36(41)32-40)49-39(43)31-29-27-25-23-20-14-12-10-8-6-4-2/h17-18,36-37,40-41H,3-16,19-35H2,1-2H3,(H,44,45)/b18-17-/t36-,37+/m0/s1. The Labute approximate surface area is 305 Å². The Morgan fingerprint density at radius 3 is 1.44 bits per heavy atom. The van der Waals surface area contributed by atoms with Gasteiger partial charge in [0.25, 0.3) is 0 Å². The van der Waals surface area contributed by atoms with Crippen LogP contribution >= 0.6 is 7.82 Å². The number of carbonyl (C=O) groups is 2. The van der Waals surface area contributed by atoms with Gasteiger partial charge in [-0.1, -0.05) is 148 Å². The van der Waals surface area contributed by atoms with Crippen LogP contribution in [0.2, 0.25) is 0 Å². The molecule has 0 heterocycles. The predicted molar refractivity (Wildman–Crippen MR) is 201 cm³/mol. The third-order valence-electron chi connectivity index (χ3n) is 8.67. The SMILES string of the molecule is CCCCCCCCC/C=C\CCCCCCCC(=O)OC[C@H](COP(=O)(O)OC[C@@H](O)CO)OC(=O)CCCCCCCCCCCCC. The number of aliphatic hydroxyl groups excluding tert-OH is 2. The number of unbranched alkanes of at least 4 members (excludes halogenated alkanes) is 22. The molecule has 3 atom stereocenters. The van der Waals surface area contributed by atoms with Gasteiger partial charge >= 0.3 is 19.8 Å². The average molecular weight is 735 g/mol. The Morgan fingerprint density at radius 1 is 0.580 bits per heavy atom. The average Bonchev–Trinajstić information content (AvgIpc) is 3.10. The summed E-state index contributed by atoms with van der Waals surface area (Å²) < 4.78 is 32.6. The normalized spacial score (nSPS) is 14.1. The summed E-state index contributed by atoms with van der Waals surface area (Å²) in [6.45, 7) is 2.36. The zero-order chi connectivity index (χ0) is 37.0. The highest BCUT2D eigenvalue weighted by Crippen LogP contribution is 2.43. The van der Waals surface area contributed by atoms with Crippen LogP contribution < -0.4 is 0 Å². The fourth-order valence-corrected chi connectivity index (χ4v) is 6.31. The number of phosphoric acid groups is 1. The Bertz CT molecular complexity index is 853. The molecule has 0 bridgehead atoms. The second-order valence-corrected chi connectivity index (χ2v) is 15.1. The quantitative estimate of drug-likeness (QED) is 0.0242. The molecule has 296 valence electrons. The summed E-state index contributed by atoms with van der Waals surface area (Å²) in [6.07, 6.45) is 31.8. The van der Waals surface area contributed by atoms with Gasteiger partial charge in [-0.05, 0) is 38.5 Å². The van der Waals surface area contributed by atoms with E-state index in [4.69, 9.17) is 19.1 Å². The molecule has 10 nitrogen and oxygen atoms in total. The topological polar surface area (TPSA) is 149 Å². The highest BCUT2D eigenvalue weighted by Gasteiger charge is 2.27. The predicted octanol–water partition coefficient (Wildman–Crippen LogP) is 10.1. The van der Waals surface area contributed by atoms with E-state index < -0.39 is 51.8 Å². The van der Waals surface area contributed by atoms with Crippen molar-refractivity contribution < 1.29 is 47.8 Å². The molecule has 0 aromatic rings. The number of allylic oxidation sites excluding steroid dienone is 2. The van der Waals surface area contributed by atoms with Crippen molar-refractivity contribution in [2.45, 2.75) is 199 Å². The van der Waals surface area contributed by atoms with Crippen LogP contribution in [0.25, 0.3) is 0 Å². The van der Waals surface area contributed by atoms with E-state index in [1.165, 1.54) is 96.3 Å². The van der Waals surface area contributed by atoms with Crippen LogP contribution in [0.4, 0.5) is 0 Å². The molecule has 3 N–H and O–H groups in total. The molecule has 0 fully saturated rings. The largest absolute Gasteiger partial charge is 0.472 e. The van der Waals surface area contributed by atoms with Crippen LogP contribution in [-0.2, 0) is 32.7 Å². The molecule has 0 aromatic heterocycles. The van der Waals surface area contributed by atoms with Crippen LogP contribution in [0.3, 0.4) is 0 Å². The second-order valence-electron chi connectivity index (χ2n) is 13.7. The zero-order valence-electron chi connectivity index (χ0n) is 31.9. The molecule has 0 aromatic carbocycles. The van der Waals surface area contributed by atoms with Crippen LogP contribution in [0, 0.1) is 0 Å². The summed E-state index contributed by atoms with van der Waals surface area (Å²) in [7, 11) is -4.61. The first kappa shape index (κ1) is 48.7. The highest BCUT2D eigenvalue weighted by molar-refractivity contribution is 7.47. The van der Waals surface area contributed by atoms with Gasteiger partial charge < -0.3 is 24.6 Å². The molecule has 0 aliphatic rings. The van der Waals surface area contributed by atoms with Gasteiger partial charge in [0.05, 0.1) is 19.8 Å². The third-order valence-corrected chi connectivity index (χ3v) is 9.62. The Kier molecular flexibility index (Phi) is 35.2. The van der Waals surface area contributed by atoms with Crippen LogP contribution in [-0.4, -0.2) is 65.7 Å². The number of ether oxygens (including phenoxy) is 2. The van der Waals surface area contributed by atoms with Gasteiger partial charge in [0.1, 0.15) is 12.7 Å². The van der Waals surface area contributed by atoms with Crippen molar-refractivity contribution in [2.75, 3.05) is 26.4 Å². The van der Waals surface area contributed by atoms with E-state index in [0.29, 0.717) is 12.8 Å². The van der Waals surface area contributed by atoms with Crippen molar-refractivity contribution in [3.8, 4) is 0 Å². The summed E-state index contributed by atoms with van der Waals surface area (Å²) in [5.74, 6) is -0.929. The first-order valence-electron chi connectivity index (χ1n) is 20.1. The lowest BCUT2D eigenvalue weighted by molar-refractivity contribution is -0.161. The minimum absolute atomic E-state index is 0.187. The molecule has 0 spiro atoms. The van der Waals surface area contributed by atoms with Gasteiger partial charge in [-0.15, -0.1) is 0 Å². The van der Waals surface area contributed by atoms with Crippen molar-refractivity contribution >= 4 is 19.8 Å². The number of phosphoric ester groups is 1. The minimum atomic E-state index is -4.61. The molecular formula is C39H75O10P. The molecule has 0 saturated heterocycles. The van der Waals surface area contributed by atoms with Gasteiger partial charge in [-0.25, -0.2) is 4.57 Å². The van der Waals surface area contributed by atoms with Crippen molar-refractivity contribution in [1.29, 1.82) is 0 Å². The monoisotopic (exact) mass is 735 g/mol. The Hall–Kier alpha value is -1.29. The lowest BCUT2D eigenvalue weighted by Crippen LogP contribution is -2.29. The van der Waals surface area contributed by atoms with Gasteiger partial charge in [-0.2, -0.15) is 0 Å². The Morgan fingerprint density at radius 2 is 0.980 bits per heavy atom. The summed E-state index contributed by atoms with van der Waals surface area (Å²) in [5.41, 5.74) is 0. The van der Waals surface area contributed by atoms with Crippen molar-refractivity contribution in [3.63, 3.8) is 0 Å². The van der Waals surface area contributed by atoms with E-state index in [0.717, 1.165) is 51.4 Å². The van der Waals surface area contributed by atoms with Crippen molar-refractivity contribution in [3.05, 3.63) is 12.2 Å². The maximum absolute atomic E-state index is 12.5. The number of carbonyl (C=O) groups excluding carboxylic acids is 2. The fraction of sp³-hybridized carbons (Fsp3) is 0.897. The Balaban J connectivity index is 4.31. The van der Waals surface area contributed by atoms with Gasteiger partial charge in [0.15, 0.2) is 6.10 Å². The molecule has 11 heteroatoms. The molecule has 0 rings (SSSR count). The first-order chi connectivity index (χ1) is 24.2. The van der Waals surface area contributed by atoms with Gasteiger partial charge in [0.2, 0.25) is 0 Å². The van der Waals surface area contributed by atoms with E-state index in [1.807, 2.05) is 0 Å². The number of hydrogen-bond donors (Lipinski definition) is 3. The number of hydrogen-bond acceptors (Lipinski definition) is 9. The van der Waals surface area contributed by atoms with E-state index in [2.05, 4.69) is 30.5 Å². The van der Waals surface area contributed by atoms with E-state index in [1.54, 1.807) is 0 Å². The smallest absolute Gasteiger partial charge is 0.462 e. The minimum Gasteiger partial charge on any atom is -0.462 e. The molecular weight excluding hydrogens is 659 g/mol. The molecule has 0 saturated carbocycles. The number of esters is 2. The van der Waals surface area contributed by atoms with E-state index in [-0.39, 0.29) is 19.4 Å². The highest BCUT2D eigenvalue weighted by atomic mass is 31.2. The van der Waals surface area contributed by atoms with Gasteiger partial charge in [0, 0.05) is 12.8 Å². The van der Waals surface area contributed by atoms with Crippen LogP contribution in [0.15, 0.2) is 12.2 Å². The fourth-order valence-electron chi connectivity index (χ4n) is 5.52. The lowest BCUT2D eigenvalue weighted by atomic mass is 10.1. The molecule has 50 heavy (non-hydrogen) atoms. The molecule has 0 aliphatic carbocycles.